The molecule has 2 N–H and O–H groups in total. The summed E-state index contributed by atoms with van der Waals surface area (Å²) in [5, 5.41) is 5.10. The van der Waals surface area contributed by atoms with E-state index >= 15 is 0 Å². The van der Waals surface area contributed by atoms with Gasteiger partial charge in [-0.3, -0.25) is 4.79 Å². The maximum atomic E-state index is 12.8. The zero-order valence-corrected chi connectivity index (χ0v) is 18.8. The van der Waals surface area contributed by atoms with Gasteiger partial charge in [-0.15, -0.1) is 0 Å². The van der Waals surface area contributed by atoms with Crippen LogP contribution >= 0.6 is 15.9 Å². The highest BCUT2D eigenvalue weighted by atomic mass is 79.9. The van der Waals surface area contributed by atoms with Crippen LogP contribution < -0.4 is 5.14 Å². The van der Waals surface area contributed by atoms with Gasteiger partial charge in [-0.25, -0.2) is 18.4 Å². The van der Waals surface area contributed by atoms with E-state index in [1.807, 2.05) is 51.1 Å². The van der Waals surface area contributed by atoms with Crippen molar-refractivity contribution in [3.63, 3.8) is 0 Å². The summed E-state index contributed by atoms with van der Waals surface area (Å²) >= 11 is 3.18. The van der Waals surface area contributed by atoms with Gasteiger partial charge < -0.3 is 9.64 Å². The molecule has 0 aliphatic rings. The summed E-state index contributed by atoms with van der Waals surface area (Å²) in [5.74, 6) is -1.20. The van der Waals surface area contributed by atoms with Crippen LogP contribution in [0.25, 0.3) is 0 Å². The van der Waals surface area contributed by atoms with Crippen molar-refractivity contribution in [1.82, 2.24) is 4.90 Å². The molecule has 0 unspecified atom stereocenters. The molecule has 0 atom stereocenters. The van der Waals surface area contributed by atoms with Gasteiger partial charge in [0.25, 0.3) is 5.91 Å². The molecule has 29 heavy (non-hydrogen) atoms. The van der Waals surface area contributed by atoms with E-state index in [2.05, 4.69) is 15.9 Å². The Morgan fingerprint density at radius 3 is 2.28 bits per heavy atom. The Balaban J connectivity index is 2.14. The predicted octanol–water partition coefficient (Wildman–Crippen LogP) is 3.08. The molecule has 0 aliphatic carbocycles. The van der Waals surface area contributed by atoms with E-state index in [9.17, 15) is 18.0 Å². The van der Waals surface area contributed by atoms with E-state index in [1.54, 1.807) is 4.90 Å². The largest absolute Gasteiger partial charge is 0.452 e. The zero-order valence-electron chi connectivity index (χ0n) is 16.4. The van der Waals surface area contributed by atoms with Crippen LogP contribution in [0.3, 0.4) is 0 Å². The number of amides is 1. The molecule has 0 saturated heterocycles. The highest BCUT2D eigenvalue weighted by Crippen LogP contribution is 2.22. The van der Waals surface area contributed by atoms with E-state index in [4.69, 9.17) is 9.88 Å². The van der Waals surface area contributed by atoms with Crippen molar-refractivity contribution in [3.8, 4) is 0 Å². The van der Waals surface area contributed by atoms with Crippen molar-refractivity contribution in [3.05, 3.63) is 64.1 Å². The second kappa shape index (κ2) is 9.06. The van der Waals surface area contributed by atoms with E-state index in [0.717, 1.165) is 11.6 Å². The Morgan fingerprint density at radius 2 is 1.72 bits per heavy atom. The van der Waals surface area contributed by atoms with Crippen molar-refractivity contribution in [2.45, 2.75) is 37.8 Å². The van der Waals surface area contributed by atoms with Gasteiger partial charge >= 0.3 is 5.97 Å². The first-order chi connectivity index (χ1) is 13.4. The van der Waals surface area contributed by atoms with Crippen molar-refractivity contribution in [1.29, 1.82) is 0 Å². The number of hydrogen-bond donors (Lipinski definition) is 1. The predicted molar refractivity (Wildman–Crippen MR) is 113 cm³/mol. The first kappa shape index (κ1) is 23.1. The molecule has 9 heteroatoms. The first-order valence-corrected chi connectivity index (χ1v) is 11.1. The first-order valence-electron chi connectivity index (χ1n) is 8.73. The molecular formula is C20H23BrN2O5S. The van der Waals surface area contributed by atoms with Crippen LogP contribution in [0.4, 0.5) is 0 Å². The molecule has 1 amide bonds. The van der Waals surface area contributed by atoms with Gasteiger partial charge in [0.1, 0.15) is 0 Å². The minimum atomic E-state index is -3.98. The fourth-order valence-corrected chi connectivity index (χ4v) is 3.53. The van der Waals surface area contributed by atoms with Crippen LogP contribution in [0.1, 0.15) is 36.7 Å². The molecule has 2 aromatic carbocycles. The van der Waals surface area contributed by atoms with Gasteiger partial charge in [0.2, 0.25) is 10.0 Å². The molecule has 0 heterocycles. The standard InChI is InChI=1S/C20H23BrN2O5S/c1-20(2,3)23(12-14-7-5-4-6-8-14)18(24)13-28-19(25)16-11-15(29(22,26)27)9-10-17(16)21/h4-11H,12-13H2,1-3H3,(H2,22,26,27). The average Bonchev–Trinajstić information content (AvgIpc) is 2.63. The summed E-state index contributed by atoms with van der Waals surface area (Å²) in [6, 6.07) is 13.2. The smallest absolute Gasteiger partial charge is 0.339 e. The summed E-state index contributed by atoms with van der Waals surface area (Å²) in [6.45, 7) is 5.56. The van der Waals surface area contributed by atoms with Gasteiger partial charge in [0.05, 0.1) is 10.5 Å². The van der Waals surface area contributed by atoms with Crippen LogP contribution in [-0.4, -0.2) is 37.3 Å². The SMILES string of the molecule is CC(C)(C)N(Cc1ccccc1)C(=O)COC(=O)c1cc(S(N)(=O)=O)ccc1Br. The fraction of sp³-hybridized carbons (Fsp3) is 0.300. The van der Waals surface area contributed by atoms with Gasteiger partial charge in [0.15, 0.2) is 6.61 Å². The van der Waals surface area contributed by atoms with Gasteiger partial charge in [0, 0.05) is 16.6 Å². The highest BCUT2D eigenvalue weighted by molar-refractivity contribution is 9.10. The van der Waals surface area contributed by atoms with Crippen LogP contribution in [0.15, 0.2) is 57.9 Å². The second-order valence-corrected chi connectivity index (χ2v) is 9.81. The number of primary sulfonamides is 1. The number of halogens is 1. The third kappa shape index (κ3) is 6.38. The molecule has 7 nitrogen and oxygen atoms in total. The lowest BCUT2D eigenvalue weighted by Crippen LogP contribution is -2.46. The molecule has 0 aliphatic heterocycles. The normalized spacial score (nSPS) is 11.8. The molecule has 0 saturated carbocycles. The topological polar surface area (TPSA) is 107 Å². The summed E-state index contributed by atoms with van der Waals surface area (Å²) < 4.78 is 28.5. The molecule has 0 fully saturated rings. The number of carbonyl (C=O) groups excluding carboxylic acids is 2. The van der Waals surface area contributed by atoms with Gasteiger partial charge in [-0.1, -0.05) is 30.3 Å². The maximum absolute atomic E-state index is 12.8. The zero-order chi connectivity index (χ0) is 21.8. The summed E-state index contributed by atoms with van der Waals surface area (Å²) in [6.07, 6.45) is 0. The number of nitrogens with two attached hydrogens (primary N) is 1. The number of nitrogens with zero attached hydrogens (tertiary/aromatic N) is 1. The molecule has 0 spiro atoms. The van der Waals surface area contributed by atoms with E-state index in [0.29, 0.717) is 11.0 Å². The van der Waals surface area contributed by atoms with E-state index in [-0.39, 0.29) is 16.4 Å². The number of esters is 1. The quantitative estimate of drug-likeness (QED) is 0.636. The monoisotopic (exact) mass is 482 g/mol. The number of hydrogen-bond acceptors (Lipinski definition) is 5. The number of sulfonamides is 1. The minimum Gasteiger partial charge on any atom is -0.452 e. The maximum Gasteiger partial charge on any atom is 0.339 e. The van der Waals surface area contributed by atoms with Gasteiger partial charge in [-0.2, -0.15) is 0 Å². The Morgan fingerprint density at radius 1 is 1.10 bits per heavy atom. The lowest BCUT2D eigenvalue weighted by Gasteiger charge is -2.35. The molecule has 2 rings (SSSR count). The van der Waals surface area contributed by atoms with E-state index in [1.165, 1.54) is 12.1 Å². The van der Waals surface area contributed by atoms with Crippen molar-refractivity contribution in [2.24, 2.45) is 5.14 Å². The molecule has 0 bridgehead atoms. The Bertz CT molecular complexity index is 1000. The van der Waals surface area contributed by atoms with Crippen molar-refractivity contribution >= 4 is 37.8 Å². The van der Waals surface area contributed by atoms with E-state index < -0.39 is 28.1 Å². The third-order valence-electron chi connectivity index (χ3n) is 4.11. The van der Waals surface area contributed by atoms with Crippen molar-refractivity contribution < 1.29 is 22.7 Å². The van der Waals surface area contributed by atoms with Crippen LogP contribution in [0.5, 0.6) is 0 Å². The lowest BCUT2D eigenvalue weighted by atomic mass is 10.0. The molecular weight excluding hydrogens is 460 g/mol. The van der Waals surface area contributed by atoms with Crippen LogP contribution in [-0.2, 0) is 26.1 Å². The van der Waals surface area contributed by atoms with Gasteiger partial charge in [-0.05, 0) is 60.5 Å². The van der Waals surface area contributed by atoms with Crippen LogP contribution in [0.2, 0.25) is 0 Å². The summed E-state index contributed by atoms with van der Waals surface area (Å²) in [7, 11) is -3.98. The highest BCUT2D eigenvalue weighted by Gasteiger charge is 2.28. The Kier molecular flexibility index (Phi) is 7.20. The number of ether oxygens (including phenoxy) is 1. The summed E-state index contributed by atoms with van der Waals surface area (Å²) in [4.78, 5) is 26.6. The second-order valence-electron chi connectivity index (χ2n) is 7.40. The molecule has 2 aromatic rings. The number of rotatable bonds is 6. The van der Waals surface area contributed by atoms with Crippen molar-refractivity contribution in [2.75, 3.05) is 6.61 Å². The third-order valence-corrected chi connectivity index (χ3v) is 5.71. The van der Waals surface area contributed by atoms with Crippen LogP contribution in [0, 0.1) is 0 Å². The average molecular weight is 483 g/mol. The number of benzene rings is 2. The Labute approximate surface area is 179 Å². The summed E-state index contributed by atoms with van der Waals surface area (Å²) in [5.41, 5.74) is 0.424. The molecule has 0 aromatic heterocycles. The fourth-order valence-electron chi connectivity index (χ4n) is 2.59. The lowest BCUT2D eigenvalue weighted by molar-refractivity contribution is -0.140. The molecule has 156 valence electrons. The molecule has 0 radical (unpaired) electrons. The Hall–Kier alpha value is -2.23. The number of carbonyl (C=O) groups is 2. The minimum absolute atomic E-state index is 0.0327.